The van der Waals surface area contributed by atoms with E-state index in [1.54, 1.807) is 13.0 Å². The zero-order chi connectivity index (χ0) is 22.1. The summed E-state index contributed by atoms with van der Waals surface area (Å²) in [5, 5.41) is 6.69. The van der Waals surface area contributed by atoms with Crippen molar-refractivity contribution in [3.05, 3.63) is 71.0 Å². The van der Waals surface area contributed by atoms with E-state index < -0.39 is 23.6 Å². The number of aryl methyl sites for hydroxylation is 1. The van der Waals surface area contributed by atoms with Crippen molar-refractivity contribution in [3.8, 4) is 11.4 Å². The normalized spacial score (nSPS) is 11.2. The maximum atomic E-state index is 13.0. The van der Waals surface area contributed by atoms with Crippen molar-refractivity contribution in [2.24, 2.45) is 5.73 Å². The lowest BCUT2D eigenvalue weighted by Crippen LogP contribution is -2.16. The number of halogens is 3. The predicted octanol–water partition coefficient (Wildman–Crippen LogP) is 3.56. The molecule has 3 aromatic rings. The first kappa shape index (κ1) is 20.9. The van der Waals surface area contributed by atoms with Crippen LogP contribution in [-0.2, 0) is 6.18 Å². The zero-order valence-electron chi connectivity index (χ0n) is 15.9. The monoisotopic (exact) mass is 418 g/mol. The molecule has 0 unspecified atom stereocenters. The van der Waals surface area contributed by atoms with Gasteiger partial charge in [-0.05, 0) is 48.9 Å². The fraction of sp³-hybridized carbons (Fsp3) is 0.150. The standard InChI is InChI=1S/C20H17F3N4O3/c1-11-8-13(6-7-15(11)18(24)28)25-19(29)17-16(30-2)10-27(26-17)14-5-3-4-12(9-14)20(21,22)23/h3-10H,1-2H3,(H2,24,28)(H,25,29). The first-order valence-corrected chi connectivity index (χ1v) is 8.63. The Bertz CT molecular complexity index is 1120. The van der Waals surface area contributed by atoms with Crippen molar-refractivity contribution in [2.75, 3.05) is 12.4 Å². The molecule has 10 heteroatoms. The number of nitrogens with two attached hydrogens (primary N) is 1. The minimum Gasteiger partial charge on any atom is -0.493 e. The molecule has 0 radical (unpaired) electrons. The smallest absolute Gasteiger partial charge is 0.416 e. The highest BCUT2D eigenvalue weighted by Gasteiger charge is 2.30. The largest absolute Gasteiger partial charge is 0.493 e. The number of carbonyl (C=O) groups excluding carboxylic acids is 2. The van der Waals surface area contributed by atoms with Gasteiger partial charge in [0, 0.05) is 11.3 Å². The first-order valence-electron chi connectivity index (χ1n) is 8.63. The molecule has 0 fully saturated rings. The molecule has 0 aliphatic carbocycles. The molecule has 156 valence electrons. The van der Waals surface area contributed by atoms with E-state index in [-0.39, 0.29) is 17.1 Å². The van der Waals surface area contributed by atoms with Crippen molar-refractivity contribution in [3.63, 3.8) is 0 Å². The number of carbonyl (C=O) groups is 2. The molecule has 1 heterocycles. The topological polar surface area (TPSA) is 99.2 Å². The Morgan fingerprint density at radius 2 is 1.90 bits per heavy atom. The molecule has 2 amide bonds. The summed E-state index contributed by atoms with van der Waals surface area (Å²) in [7, 11) is 1.32. The quantitative estimate of drug-likeness (QED) is 0.662. The van der Waals surface area contributed by atoms with E-state index in [9.17, 15) is 22.8 Å². The van der Waals surface area contributed by atoms with E-state index in [0.717, 1.165) is 16.8 Å². The number of primary amides is 1. The van der Waals surface area contributed by atoms with Gasteiger partial charge in [-0.25, -0.2) is 4.68 Å². The third kappa shape index (κ3) is 4.27. The summed E-state index contributed by atoms with van der Waals surface area (Å²) in [6, 6.07) is 9.07. The van der Waals surface area contributed by atoms with Crippen LogP contribution < -0.4 is 15.8 Å². The Kier molecular flexibility index (Phi) is 5.50. The number of ether oxygens (including phenoxy) is 1. The number of methoxy groups -OCH3 is 1. The van der Waals surface area contributed by atoms with Crippen molar-refractivity contribution >= 4 is 17.5 Å². The lowest BCUT2D eigenvalue weighted by Gasteiger charge is -2.08. The number of alkyl halides is 3. The minimum atomic E-state index is -4.51. The average molecular weight is 418 g/mol. The zero-order valence-corrected chi connectivity index (χ0v) is 15.9. The molecule has 7 nitrogen and oxygen atoms in total. The molecular formula is C20H17F3N4O3. The Balaban J connectivity index is 1.90. The SMILES string of the molecule is COc1cn(-c2cccc(C(F)(F)F)c2)nc1C(=O)Nc1ccc(C(N)=O)c(C)c1. The average Bonchev–Trinajstić information content (AvgIpc) is 3.12. The summed E-state index contributed by atoms with van der Waals surface area (Å²) < 4.78 is 45.2. The molecule has 2 aromatic carbocycles. The molecule has 30 heavy (non-hydrogen) atoms. The van der Waals surface area contributed by atoms with Crippen molar-refractivity contribution < 1.29 is 27.5 Å². The third-order valence-electron chi connectivity index (χ3n) is 4.30. The summed E-state index contributed by atoms with van der Waals surface area (Å²) in [5.74, 6) is -1.15. The molecule has 0 saturated heterocycles. The second-order valence-corrected chi connectivity index (χ2v) is 6.39. The summed E-state index contributed by atoms with van der Waals surface area (Å²) in [4.78, 5) is 24.0. The molecular weight excluding hydrogens is 401 g/mol. The summed E-state index contributed by atoms with van der Waals surface area (Å²) in [5.41, 5.74) is 5.70. The number of hydrogen-bond acceptors (Lipinski definition) is 4. The van der Waals surface area contributed by atoms with Gasteiger partial charge in [-0.2, -0.15) is 18.3 Å². The van der Waals surface area contributed by atoms with Crippen molar-refractivity contribution in [1.82, 2.24) is 9.78 Å². The van der Waals surface area contributed by atoms with E-state index in [2.05, 4.69) is 10.4 Å². The number of hydrogen-bond donors (Lipinski definition) is 2. The number of nitrogens with one attached hydrogen (secondary N) is 1. The Morgan fingerprint density at radius 1 is 1.17 bits per heavy atom. The minimum absolute atomic E-state index is 0.0791. The van der Waals surface area contributed by atoms with Gasteiger partial charge in [0.1, 0.15) is 0 Å². The fourth-order valence-corrected chi connectivity index (χ4v) is 2.83. The van der Waals surface area contributed by atoms with Crippen LogP contribution in [-0.4, -0.2) is 28.7 Å². The van der Waals surface area contributed by atoms with Crippen LogP contribution in [0.5, 0.6) is 5.75 Å². The highest BCUT2D eigenvalue weighted by molar-refractivity contribution is 6.05. The van der Waals surface area contributed by atoms with Gasteiger partial charge in [0.05, 0.1) is 24.6 Å². The van der Waals surface area contributed by atoms with Gasteiger partial charge in [-0.15, -0.1) is 0 Å². The van der Waals surface area contributed by atoms with Gasteiger partial charge in [-0.3, -0.25) is 9.59 Å². The second kappa shape index (κ2) is 7.90. The molecule has 0 saturated carbocycles. The van der Waals surface area contributed by atoms with Crippen molar-refractivity contribution in [2.45, 2.75) is 13.1 Å². The number of rotatable bonds is 5. The number of amides is 2. The fourth-order valence-electron chi connectivity index (χ4n) is 2.83. The van der Waals surface area contributed by atoms with Gasteiger partial charge >= 0.3 is 6.18 Å². The van der Waals surface area contributed by atoms with Gasteiger partial charge in [0.25, 0.3) is 5.91 Å². The Hall–Kier alpha value is -3.82. The molecule has 3 N–H and O–H groups in total. The van der Waals surface area contributed by atoms with Crippen molar-refractivity contribution in [1.29, 1.82) is 0 Å². The number of benzene rings is 2. The maximum Gasteiger partial charge on any atom is 0.416 e. The summed E-state index contributed by atoms with van der Waals surface area (Å²) in [6.07, 6.45) is -3.20. The van der Waals surface area contributed by atoms with Crippen LogP contribution in [0.1, 0.15) is 32.0 Å². The molecule has 0 aliphatic rings. The third-order valence-corrected chi connectivity index (χ3v) is 4.30. The second-order valence-electron chi connectivity index (χ2n) is 6.39. The van der Waals surface area contributed by atoms with Gasteiger partial charge in [0.2, 0.25) is 5.91 Å². The van der Waals surface area contributed by atoms with Gasteiger partial charge < -0.3 is 15.8 Å². The van der Waals surface area contributed by atoms with Crippen LogP contribution in [0.15, 0.2) is 48.7 Å². The van der Waals surface area contributed by atoms with Crippen LogP contribution in [0.4, 0.5) is 18.9 Å². The van der Waals surface area contributed by atoms with E-state index >= 15 is 0 Å². The Labute approximate surface area is 169 Å². The first-order chi connectivity index (χ1) is 14.1. The van der Waals surface area contributed by atoms with Crippen LogP contribution in [0.25, 0.3) is 5.69 Å². The number of anilines is 1. The van der Waals surface area contributed by atoms with Crippen LogP contribution in [0, 0.1) is 6.92 Å². The number of nitrogens with zero attached hydrogens (tertiary/aromatic N) is 2. The van der Waals surface area contributed by atoms with Gasteiger partial charge in [-0.1, -0.05) is 6.07 Å². The highest BCUT2D eigenvalue weighted by Crippen LogP contribution is 2.31. The lowest BCUT2D eigenvalue weighted by atomic mass is 10.1. The van der Waals surface area contributed by atoms with E-state index in [1.807, 2.05) is 0 Å². The van der Waals surface area contributed by atoms with Crippen LogP contribution >= 0.6 is 0 Å². The highest BCUT2D eigenvalue weighted by atomic mass is 19.4. The van der Waals surface area contributed by atoms with E-state index in [4.69, 9.17) is 10.5 Å². The molecule has 3 rings (SSSR count). The van der Waals surface area contributed by atoms with E-state index in [0.29, 0.717) is 16.8 Å². The maximum absolute atomic E-state index is 13.0. The summed E-state index contributed by atoms with van der Waals surface area (Å²) >= 11 is 0. The molecule has 1 aromatic heterocycles. The predicted molar refractivity (Wildman–Crippen MR) is 103 cm³/mol. The summed E-state index contributed by atoms with van der Waals surface area (Å²) in [6.45, 7) is 1.67. The van der Waals surface area contributed by atoms with Gasteiger partial charge in [0.15, 0.2) is 11.4 Å². The molecule has 0 aliphatic heterocycles. The van der Waals surface area contributed by atoms with Crippen LogP contribution in [0.3, 0.4) is 0 Å². The van der Waals surface area contributed by atoms with E-state index in [1.165, 1.54) is 37.6 Å². The molecule has 0 bridgehead atoms. The molecule has 0 spiro atoms. The number of aromatic nitrogens is 2. The Morgan fingerprint density at radius 3 is 2.50 bits per heavy atom. The molecule has 0 atom stereocenters. The lowest BCUT2D eigenvalue weighted by molar-refractivity contribution is -0.137. The van der Waals surface area contributed by atoms with Crippen LogP contribution in [0.2, 0.25) is 0 Å².